The highest BCUT2D eigenvalue weighted by atomic mass is 79.9. The van der Waals surface area contributed by atoms with Gasteiger partial charge in [-0.3, -0.25) is 4.79 Å². The molecule has 6 heteroatoms. The number of hydrogen-bond acceptors (Lipinski definition) is 2. The van der Waals surface area contributed by atoms with Crippen LogP contribution in [0, 0.1) is 5.82 Å². The average molecular weight is 366 g/mol. The summed E-state index contributed by atoms with van der Waals surface area (Å²) in [7, 11) is 0. The lowest BCUT2D eigenvalue weighted by Crippen LogP contribution is -2.47. The van der Waals surface area contributed by atoms with Crippen molar-refractivity contribution in [2.45, 2.75) is 31.7 Å². The van der Waals surface area contributed by atoms with Crippen molar-refractivity contribution in [1.82, 2.24) is 10.6 Å². The van der Waals surface area contributed by atoms with Crippen LogP contribution in [0.25, 0.3) is 0 Å². The highest BCUT2D eigenvalue weighted by Gasteiger charge is 2.19. The Morgan fingerprint density at radius 3 is 2.95 bits per heavy atom. The number of benzene rings is 1. The summed E-state index contributed by atoms with van der Waals surface area (Å²) in [6, 6.07) is 4.77. The summed E-state index contributed by atoms with van der Waals surface area (Å²) in [5.41, 5.74) is 0.617. The van der Waals surface area contributed by atoms with E-state index in [9.17, 15) is 9.18 Å². The average Bonchev–Trinajstić information content (AvgIpc) is 2.43. The van der Waals surface area contributed by atoms with E-state index in [1.54, 1.807) is 12.1 Å². The number of hydrogen-bond donors (Lipinski definition) is 2. The molecule has 0 aliphatic carbocycles. The maximum Gasteiger partial charge on any atom is 0.237 e. The second kappa shape index (κ2) is 8.60. The van der Waals surface area contributed by atoms with Crippen molar-refractivity contribution < 1.29 is 9.18 Å². The third kappa shape index (κ3) is 5.04. The zero-order chi connectivity index (χ0) is 13.7. The Morgan fingerprint density at radius 2 is 2.25 bits per heavy atom. The lowest BCUT2D eigenvalue weighted by molar-refractivity contribution is -0.123. The topological polar surface area (TPSA) is 41.1 Å². The lowest BCUT2D eigenvalue weighted by Gasteiger charge is -2.22. The van der Waals surface area contributed by atoms with Gasteiger partial charge in [0.05, 0.1) is 6.04 Å². The highest BCUT2D eigenvalue weighted by molar-refractivity contribution is 9.10. The molecular formula is C14H19BrClFN2O. The van der Waals surface area contributed by atoms with Crippen molar-refractivity contribution in [3.63, 3.8) is 0 Å². The molecule has 2 rings (SSSR count). The van der Waals surface area contributed by atoms with Crippen molar-refractivity contribution in [2.75, 3.05) is 13.1 Å². The van der Waals surface area contributed by atoms with Gasteiger partial charge in [0.1, 0.15) is 5.82 Å². The van der Waals surface area contributed by atoms with Crippen LogP contribution in [0.1, 0.15) is 24.8 Å². The predicted octanol–water partition coefficient (Wildman–Crippen LogP) is 2.81. The zero-order valence-corrected chi connectivity index (χ0v) is 13.5. The van der Waals surface area contributed by atoms with Crippen LogP contribution in [0.5, 0.6) is 0 Å². The largest absolute Gasteiger partial charge is 0.354 e. The van der Waals surface area contributed by atoms with Crippen LogP contribution in [-0.4, -0.2) is 25.0 Å². The van der Waals surface area contributed by atoms with Gasteiger partial charge in [0, 0.05) is 11.0 Å². The molecule has 0 saturated carbocycles. The van der Waals surface area contributed by atoms with Crippen LogP contribution < -0.4 is 10.6 Å². The summed E-state index contributed by atoms with van der Waals surface area (Å²) in [5, 5.41) is 6.06. The van der Waals surface area contributed by atoms with Crippen LogP contribution in [-0.2, 0) is 11.2 Å². The molecule has 112 valence electrons. The summed E-state index contributed by atoms with van der Waals surface area (Å²) in [4.78, 5) is 11.9. The van der Waals surface area contributed by atoms with Crippen molar-refractivity contribution in [3.05, 3.63) is 34.1 Å². The molecule has 0 aromatic heterocycles. The molecule has 1 saturated heterocycles. The smallest absolute Gasteiger partial charge is 0.237 e. The molecular weight excluding hydrogens is 347 g/mol. The first-order valence-corrected chi connectivity index (χ1v) is 7.41. The predicted molar refractivity (Wildman–Crippen MR) is 83.7 cm³/mol. The van der Waals surface area contributed by atoms with Crippen molar-refractivity contribution >= 4 is 34.2 Å². The minimum absolute atomic E-state index is 0. The summed E-state index contributed by atoms with van der Waals surface area (Å²) in [5.74, 6) is -0.205. The molecule has 0 radical (unpaired) electrons. The van der Waals surface area contributed by atoms with E-state index in [1.165, 1.54) is 6.07 Å². The summed E-state index contributed by atoms with van der Waals surface area (Å²) in [6.07, 6.45) is 3.61. The van der Waals surface area contributed by atoms with Gasteiger partial charge < -0.3 is 10.6 Å². The van der Waals surface area contributed by atoms with Gasteiger partial charge in [-0.15, -0.1) is 12.4 Å². The molecule has 1 fully saturated rings. The molecule has 2 N–H and O–H groups in total. The molecule has 1 aromatic rings. The normalized spacial score (nSPS) is 18.2. The fourth-order valence-corrected chi connectivity index (χ4v) is 2.66. The maximum absolute atomic E-state index is 13.5. The minimum atomic E-state index is -0.228. The summed E-state index contributed by atoms with van der Waals surface area (Å²) < 4.78 is 14.4. The van der Waals surface area contributed by atoms with Gasteiger partial charge in [0.15, 0.2) is 0 Å². The number of rotatable bonds is 4. The standard InChI is InChI=1S/C14H18BrFN2O.ClH/c15-11-4-5-12(16)10(9-11)6-8-18-14(19)13-3-1-2-7-17-13;/h4-5,9,13,17H,1-3,6-8H2,(H,18,19);1H. The molecule has 1 atom stereocenters. The van der Waals surface area contributed by atoms with E-state index in [0.717, 1.165) is 30.3 Å². The Kier molecular flexibility index (Phi) is 7.48. The Labute approximate surface area is 133 Å². The molecule has 1 aromatic carbocycles. The Bertz CT molecular complexity index is 453. The Balaban J connectivity index is 0.00000200. The van der Waals surface area contributed by atoms with Crippen molar-refractivity contribution in [3.8, 4) is 0 Å². The fourth-order valence-electron chi connectivity index (χ4n) is 2.25. The second-order valence-corrected chi connectivity index (χ2v) is 5.69. The number of carbonyl (C=O) groups is 1. The van der Waals surface area contributed by atoms with Crippen LogP contribution in [0.15, 0.2) is 22.7 Å². The first kappa shape index (κ1) is 17.4. The number of halogens is 3. The zero-order valence-electron chi connectivity index (χ0n) is 11.1. The Hall–Kier alpha value is -0.650. The number of nitrogens with one attached hydrogen (secondary N) is 2. The van der Waals surface area contributed by atoms with E-state index in [-0.39, 0.29) is 30.2 Å². The minimum Gasteiger partial charge on any atom is -0.354 e. The summed E-state index contributed by atoms with van der Waals surface area (Å²) in [6.45, 7) is 1.36. The first-order chi connectivity index (χ1) is 9.16. The van der Waals surface area contributed by atoms with Gasteiger partial charge in [-0.25, -0.2) is 4.39 Å². The summed E-state index contributed by atoms with van der Waals surface area (Å²) >= 11 is 3.32. The van der Waals surface area contributed by atoms with E-state index in [4.69, 9.17) is 0 Å². The fraction of sp³-hybridized carbons (Fsp3) is 0.500. The number of amides is 1. The van der Waals surface area contributed by atoms with Crippen LogP contribution in [0.2, 0.25) is 0 Å². The van der Waals surface area contributed by atoms with E-state index >= 15 is 0 Å². The van der Waals surface area contributed by atoms with Gasteiger partial charge >= 0.3 is 0 Å². The third-order valence-corrected chi connectivity index (χ3v) is 3.82. The van der Waals surface area contributed by atoms with E-state index in [0.29, 0.717) is 18.5 Å². The molecule has 20 heavy (non-hydrogen) atoms. The van der Waals surface area contributed by atoms with Crippen molar-refractivity contribution in [1.29, 1.82) is 0 Å². The van der Waals surface area contributed by atoms with E-state index < -0.39 is 0 Å². The number of piperidine rings is 1. The molecule has 0 spiro atoms. The van der Waals surface area contributed by atoms with Gasteiger partial charge in [-0.2, -0.15) is 0 Å². The lowest BCUT2D eigenvalue weighted by atomic mass is 10.0. The van der Waals surface area contributed by atoms with E-state index in [1.807, 2.05) is 0 Å². The van der Waals surface area contributed by atoms with Crippen LogP contribution >= 0.6 is 28.3 Å². The molecule has 1 amide bonds. The van der Waals surface area contributed by atoms with Crippen molar-refractivity contribution in [2.24, 2.45) is 0 Å². The van der Waals surface area contributed by atoms with Gasteiger partial charge in [-0.1, -0.05) is 22.4 Å². The Morgan fingerprint density at radius 1 is 1.45 bits per heavy atom. The van der Waals surface area contributed by atoms with Crippen LogP contribution in [0.3, 0.4) is 0 Å². The van der Waals surface area contributed by atoms with Crippen LogP contribution in [0.4, 0.5) is 4.39 Å². The molecule has 1 heterocycles. The third-order valence-electron chi connectivity index (χ3n) is 3.33. The van der Waals surface area contributed by atoms with Gasteiger partial charge in [0.25, 0.3) is 0 Å². The monoisotopic (exact) mass is 364 g/mol. The molecule has 1 aliphatic rings. The maximum atomic E-state index is 13.5. The molecule has 1 aliphatic heterocycles. The molecule has 1 unspecified atom stereocenters. The highest BCUT2D eigenvalue weighted by Crippen LogP contribution is 2.15. The van der Waals surface area contributed by atoms with E-state index in [2.05, 4.69) is 26.6 Å². The molecule has 0 bridgehead atoms. The second-order valence-electron chi connectivity index (χ2n) is 4.78. The molecule has 3 nitrogen and oxygen atoms in total. The number of carbonyl (C=O) groups excluding carboxylic acids is 1. The quantitative estimate of drug-likeness (QED) is 0.861. The van der Waals surface area contributed by atoms with Gasteiger partial charge in [-0.05, 0) is 49.6 Å². The SMILES string of the molecule is Cl.O=C(NCCc1cc(Br)ccc1F)C1CCCCN1. The first-order valence-electron chi connectivity index (χ1n) is 6.62. The van der Waals surface area contributed by atoms with Gasteiger partial charge in [0.2, 0.25) is 5.91 Å².